The van der Waals surface area contributed by atoms with Crippen LogP contribution in [0.25, 0.3) is 10.8 Å². The van der Waals surface area contributed by atoms with Crippen molar-refractivity contribution in [3.05, 3.63) is 42.0 Å². The third-order valence-electron chi connectivity index (χ3n) is 2.63. The summed E-state index contributed by atoms with van der Waals surface area (Å²) in [4.78, 5) is 22.4. The van der Waals surface area contributed by atoms with Gasteiger partial charge < -0.3 is 14.6 Å². The van der Waals surface area contributed by atoms with Crippen LogP contribution in [0, 0.1) is 0 Å². The fraction of sp³-hybridized carbons (Fsp3) is 0.143. The van der Waals surface area contributed by atoms with Gasteiger partial charge in [0.15, 0.2) is 6.61 Å². The van der Waals surface area contributed by atoms with Crippen molar-refractivity contribution in [1.82, 2.24) is 0 Å². The number of hydrogen-bond acceptors (Lipinski definition) is 4. The summed E-state index contributed by atoms with van der Waals surface area (Å²) in [6.45, 7) is -0.512. The summed E-state index contributed by atoms with van der Waals surface area (Å²) in [5, 5.41) is 10.2. The number of hydrogen-bond donors (Lipinski definition) is 1. The van der Waals surface area contributed by atoms with E-state index in [0.29, 0.717) is 5.39 Å². The van der Waals surface area contributed by atoms with Gasteiger partial charge in [0, 0.05) is 0 Å². The molecule has 1 N–H and O–H groups in total. The van der Waals surface area contributed by atoms with E-state index in [0.717, 1.165) is 5.39 Å². The van der Waals surface area contributed by atoms with Gasteiger partial charge in [-0.2, -0.15) is 0 Å². The molecule has 0 saturated heterocycles. The molecule has 0 saturated carbocycles. The number of carboxylic acids is 1. The molecule has 0 spiro atoms. The first-order valence-electron chi connectivity index (χ1n) is 5.58. The minimum absolute atomic E-state index is 0.202. The lowest BCUT2D eigenvalue weighted by Gasteiger charge is -2.11. The Kier molecular flexibility index (Phi) is 3.66. The van der Waals surface area contributed by atoms with E-state index in [9.17, 15) is 9.59 Å². The molecule has 5 nitrogen and oxygen atoms in total. The Balaban J connectivity index is 2.56. The number of rotatable bonds is 4. The molecule has 0 fully saturated rings. The molecule has 0 heterocycles. The number of carboxylic acid groups (broad SMARTS) is 1. The van der Waals surface area contributed by atoms with Gasteiger partial charge in [0.25, 0.3) is 0 Å². The number of aliphatic carboxylic acids is 1. The number of fused-ring (bicyclic) bond motifs is 1. The molecule has 0 radical (unpaired) electrons. The van der Waals surface area contributed by atoms with Crippen LogP contribution >= 0.6 is 0 Å². The van der Waals surface area contributed by atoms with Crippen LogP contribution in [0.1, 0.15) is 10.4 Å². The zero-order valence-corrected chi connectivity index (χ0v) is 10.3. The van der Waals surface area contributed by atoms with E-state index >= 15 is 0 Å². The zero-order chi connectivity index (χ0) is 13.8. The lowest BCUT2D eigenvalue weighted by Crippen LogP contribution is -2.13. The van der Waals surface area contributed by atoms with Crippen LogP contribution in [0.5, 0.6) is 5.75 Å². The fourth-order valence-corrected chi connectivity index (χ4v) is 1.82. The summed E-state index contributed by atoms with van der Waals surface area (Å²) in [5.74, 6) is -1.46. The summed E-state index contributed by atoms with van der Waals surface area (Å²) >= 11 is 0. The maximum Gasteiger partial charge on any atom is 0.342 e. The Morgan fingerprint density at radius 1 is 1.16 bits per heavy atom. The first kappa shape index (κ1) is 12.9. The van der Waals surface area contributed by atoms with E-state index in [1.807, 2.05) is 12.1 Å². The second-order valence-corrected chi connectivity index (χ2v) is 3.83. The summed E-state index contributed by atoms with van der Waals surface area (Å²) in [6.07, 6.45) is 0. The van der Waals surface area contributed by atoms with Crippen molar-refractivity contribution in [2.75, 3.05) is 13.7 Å². The SMILES string of the molecule is COC(=O)c1c(OCC(=O)O)ccc2ccccc12. The van der Waals surface area contributed by atoms with Gasteiger partial charge in [0.2, 0.25) is 0 Å². The Bertz CT molecular complexity index is 633. The Morgan fingerprint density at radius 2 is 1.89 bits per heavy atom. The van der Waals surface area contributed by atoms with Crippen LogP contribution in [0.3, 0.4) is 0 Å². The van der Waals surface area contributed by atoms with Crippen molar-refractivity contribution in [2.24, 2.45) is 0 Å². The van der Waals surface area contributed by atoms with E-state index in [2.05, 4.69) is 0 Å². The van der Waals surface area contributed by atoms with Crippen molar-refractivity contribution < 1.29 is 24.2 Å². The first-order chi connectivity index (χ1) is 9.13. The van der Waals surface area contributed by atoms with Gasteiger partial charge in [0.05, 0.1) is 7.11 Å². The van der Waals surface area contributed by atoms with Gasteiger partial charge in [-0.1, -0.05) is 30.3 Å². The minimum Gasteiger partial charge on any atom is -0.481 e. The molecule has 19 heavy (non-hydrogen) atoms. The molecule has 2 rings (SSSR count). The van der Waals surface area contributed by atoms with Crippen molar-refractivity contribution in [2.45, 2.75) is 0 Å². The summed E-state index contributed by atoms with van der Waals surface area (Å²) < 4.78 is 9.85. The third kappa shape index (κ3) is 2.65. The number of carbonyl (C=O) groups excluding carboxylic acids is 1. The van der Waals surface area contributed by atoms with E-state index in [1.165, 1.54) is 7.11 Å². The van der Waals surface area contributed by atoms with Gasteiger partial charge in [0.1, 0.15) is 11.3 Å². The van der Waals surface area contributed by atoms with Gasteiger partial charge in [-0.3, -0.25) is 0 Å². The average Bonchev–Trinajstić information content (AvgIpc) is 2.43. The van der Waals surface area contributed by atoms with Crippen molar-refractivity contribution >= 4 is 22.7 Å². The molecule has 0 aliphatic heterocycles. The Labute approximate surface area is 109 Å². The second-order valence-electron chi connectivity index (χ2n) is 3.83. The van der Waals surface area contributed by atoms with E-state index in [4.69, 9.17) is 14.6 Å². The number of esters is 1. The highest BCUT2D eigenvalue weighted by Crippen LogP contribution is 2.28. The number of methoxy groups -OCH3 is 1. The van der Waals surface area contributed by atoms with E-state index < -0.39 is 18.5 Å². The topological polar surface area (TPSA) is 72.8 Å². The lowest BCUT2D eigenvalue weighted by atomic mass is 10.0. The zero-order valence-electron chi connectivity index (χ0n) is 10.3. The molecular formula is C14H12O5. The first-order valence-corrected chi connectivity index (χ1v) is 5.58. The molecule has 0 bridgehead atoms. The standard InChI is InChI=1S/C14H12O5/c1-18-14(17)13-10-5-3-2-4-9(10)6-7-11(13)19-8-12(15)16/h2-7H,8H2,1H3,(H,15,16). The van der Waals surface area contributed by atoms with E-state index in [1.54, 1.807) is 24.3 Å². The molecule has 0 aliphatic carbocycles. The highest BCUT2D eigenvalue weighted by atomic mass is 16.5. The second kappa shape index (κ2) is 5.39. The fourth-order valence-electron chi connectivity index (χ4n) is 1.82. The van der Waals surface area contributed by atoms with Gasteiger partial charge in [-0.05, 0) is 16.8 Å². The number of carbonyl (C=O) groups is 2. The smallest absolute Gasteiger partial charge is 0.342 e. The Hall–Kier alpha value is -2.56. The van der Waals surface area contributed by atoms with Crippen LogP contribution in [0.2, 0.25) is 0 Å². The highest BCUT2D eigenvalue weighted by Gasteiger charge is 2.17. The molecule has 98 valence electrons. The lowest BCUT2D eigenvalue weighted by molar-refractivity contribution is -0.139. The van der Waals surface area contributed by atoms with Crippen LogP contribution in [-0.2, 0) is 9.53 Å². The Morgan fingerprint density at radius 3 is 2.58 bits per heavy atom. The normalized spacial score (nSPS) is 10.2. The molecule has 2 aromatic rings. The van der Waals surface area contributed by atoms with Crippen molar-refractivity contribution in [3.63, 3.8) is 0 Å². The predicted octanol–water partition coefficient (Wildman–Crippen LogP) is 2.09. The maximum atomic E-state index is 11.8. The minimum atomic E-state index is -1.11. The quantitative estimate of drug-likeness (QED) is 0.852. The maximum absolute atomic E-state index is 11.8. The van der Waals surface area contributed by atoms with Crippen molar-refractivity contribution in [1.29, 1.82) is 0 Å². The molecule has 0 atom stereocenters. The van der Waals surface area contributed by atoms with Gasteiger partial charge >= 0.3 is 11.9 Å². The number of ether oxygens (including phenoxy) is 2. The monoisotopic (exact) mass is 260 g/mol. The molecular weight excluding hydrogens is 248 g/mol. The largest absolute Gasteiger partial charge is 0.481 e. The highest BCUT2D eigenvalue weighted by molar-refractivity contribution is 6.07. The molecule has 0 aliphatic rings. The summed E-state index contributed by atoms with van der Waals surface area (Å²) in [5.41, 5.74) is 0.238. The van der Waals surface area contributed by atoms with Gasteiger partial charge in [-0.15, -0.1) is 0 Å². The summed E-state index contributed by atoms with van der Waals surface area (Å²) in [6, 6.07) is 10.6. The van der Waals surface area contributed by atoms with Crippen LogP contribution in [-0.4, -0.2) is 30.8 Å². The van der Waals surface area contributed by atoms with Crippen LogP contribution in [0.4, 0.5) is 0 Å². The predicted molar refractivity (Wildman–Crippen MR) is 68.4 cm³/mol. The number of benzene rings is 2. The molecule has 0 amide bonds. The molecule has 2 aromatic carbocycles. The third-order valence-corrected chi connectivity index (χ3v) is 2.63. The van der Waals surface area contributed by atoms with E-state index in [-0.39, 0.29) is 11.3 Å². The molecule has 5 heteroatoms. The van der Waals surface area contributed by atoms with Crippen molar-refractivity contribution in [3.8, 4) is 5.75 Å². The van der Waals surface area contributed by atoms with Crippen LogP contribution < -0.4 is 4.74 Å². The summed E-state index contributed by atoms with van der Waals surface area (Å²) in [7, 11) is 1.27. The van der Waals surface area contributed by atoms with Gasteiger partial charge in [-0.25, -0.2) is 9.59 Å². The average molecular weight is 260 g/mol. The van der Waals surface area contributed by atoms with Crippen LogP contribution in [0.15, 0.2) is 36.4 Å². The molecule has 0 unspecified atom stereocenters. The molecule has 0 aromatic heterocycles.